The van der Waals surface area contributed by atoms with Gasteiger partial charge in [-0.2, -0.15) is 0 Å². The Labute approximate surface area is 117 Å². The number of anilines is 2. The van der Waals surface area contributed by atoms with Crippen molar-refractivity contribution in [2.45, 2.75) is 6.42 Å². The summed E-state index contributed by atoms with van der Waals surface area (Å²) in [6.07, 6.45) is 1.02. The summed E-state index contributed by atoms with van der Waals surface area (Å²) >= 11 is 3.48. The largest absolute Gasteiger partial charge is 0.397 e. The fourth-order valence-corrected chi connectivity index (χ4v) is 2.26. The molecule has 0 spiro atoms. The van der Waals surface area contributed by atoms with Crippen LogP contribution in [0.3, 0.4) is 0 Å². The van der Waals surface area contributed by atoms with Crippen LogP contribution in [0.4, 0.5) is 11.4 Å². The number of nitrogens with zero attached hydrogens (tertiary/aromatic N) is 1. The zero-order valence-electron chi connectivity index (χ0n) is 10.4. The van der Waals surface area contributed by atoms with Crippen molar-refractivity contribution in [2.24, 2.45) is 0 Å². The minimum atomic E-state index is 0.814. The van der Waals surface area contributed by atoms with Crippen molar-refractivity contribution in [1.82, 2.24) is 0 Å². The molecule has 94 valence electrons. The second-order valence-electron chi connectivity index (χ2n) is 4.36. The van der Waals surface area contributed by atoms with Crippen molar-refractivity contribution < 1.29 is 0 Å². The quantitative estimate of drug-likeness (QED) is 0.873. The average molecular weight is 305 g/mol. The van der Waals surface area contributed by atoms with Crippen LogP contribution in [0.5, 0.6) is 0 Å². The van der Waals surface area contributed by atoms with Crippen LogP contribution in [-0.4, -0.2) is 13.6 Å². The summed E-state index contributed by atoms with van der Waals surface area (Å²) < 4.78 is 1.05. The number of hydrogen-bond donors (Lipinski definition) is 1. The molecular formula is C15H17BrN2. The highest BCUT2D eigenvalue weighted by Gasteiger charge is 2.06. The molecule has 0 atom stereocenters. The zero-order chi connectivity index (χ0) is 13.0. The van der Waals surface area contributed by atoms with E-state index in [1.807, 2.05) is 18.2 Å². The molecule has 0 amide bonds. The number of halogens is 1. The highest BCUT2D eigenvalue weighted by atomic mass is 79.9. The number of benzene rings is 2. The summed E-state index contributed by atoms with van der Waals surface area (Å²) in [5.41, 5.74) is 9.23. The number of nitrogens with two attached hydrogens (primary N) is 1. The smallest absolute Gasteiger partial charge is 0.0608 e. The van der Waals surface area contributed by atoms with Gasteiger partial charge >= 0.3 is 0 Å². The van der Waals surface area contributed by atoms with Gasteiger partial charge in [0.05, 0.1) is 11.4 Å². The van der Waals surface area contributed by atoms with E-state index in [0.717, 1.165) is 28.8 Å². The number of hydrogen-bond acceptors (Lipinski definition) is 2. The van der Waals surface area contributed by atoms with E-state index in [0.29, 0.717) is 0 Å². The summed E-state index contributed by atoms with van der Waals surface area (Å²) in [6.45, 7) is 0.949. The van der Waals surface area contributed by atoms with Crippen molar-refractivity contribution in [3.63, 3.8) is 0 Å². The lowest BCUT2D eigenvalue weighted by Gasteiger charge is -2.21. The zero-order valence-corrected chi connectivity index (χ0v) is 12.0. The van der Waals surface area contributed by atoms with Crippen molar-refractivity contribution in [1.29, 1.82) is 0 Å². The molecular weight excluding hydrogens is 288 g/mol. The summed E-state index contributed by atoms with van der Waals surface area (Å²) in [6, 6.07) is 16.4. The molecule has 0 saturated heterocycles. The molecule has 18 heavy (non-hydrogen) atoms. The molecule has 0 saturated carbocycles. The number of nitrogen functional groups attached to an aromatic ring is 1. The van der Waals surface area contributed by atoms with Gasteiger partial charge in [0.2, 0.25) is 0 Å². The van der Waals surface area contributed by atoms with Gasteiger partial charge in [0.1, 0.15) is 0 Å². The van der Waals surface area contributed by atoms with E-state index >= 15 is 0 Å². The van der Waals surface area contributed by atoms with E-state index < -0.39 is 0 Å². The number of likely N-dealkylation sites (N-methyl/N-ethyl adjacent to an activating group) is 1. The van der Waals surface area contributed by atoms with Gasteiger partial charge in [-0.25, -0.2) is 0 Å². The van der Waals surface area contributed by atoms with E-state index in [1.165, 1.54) is 5.56 Å². The van der Waals surface area contributed by atoms with Gasteiger partial charge in [0.25, 0.3) is 0 Å². The maximum Gasteiger partial charge on any atom is 0.0608 e. The van der Waals surface area contributed by atoms with E-state index in [1.54, 1.807) is 0 Å². The molecule has 0 radical (unpaired) electrons. The fraction of sp³-hybridized carbons (Fsp3) is 0.200. The maximum absolute atomic E-state index is 6.00. The summed E-state index contributed by atoms with van der Waals surface area (Å²) in [4.78, 5) is 2.19. The topological polar surface area (TPSA) is 29.3 Å². The van der Waals surface area contributed by atoms with Gasteiger partial charge in [-0.1, -0.05) is 46.3 Å². The lowest BCUT2D eigenvalue weighted by Crippen LogP contribution is -2.21. The second kappa shape index (κ2) is 5.91. The molecule has 0 aliphatic rings. The first-order valence-electron chi connectivity index (χ1n) is 5.97. The van der Waals surface area contributed by atoms with Gasteiger partial charge in [0.15, 0.2) is 0 Å². The van der Waals surface area contributed by atoms with E-state index in [-0.39, 0.29) is 0 Å². The van der Waals surface area contributed by atoms with Gasteiger partial charge in [0, 0.05) is 18.1 Å². The minimum absolute atomic E-state index is 0.814. The Morgan fingerprint density at radius 2 is 1.83 bits per heavy atom. The third kappa shape index (κ3) is 3.26. The standard InChI is InChI=1S/C15H17BrN2/c1-18(10-9-12-5-3-2-4-6-12)15-11-13(16)7-8-14(15)17/h2-8,11H,9-10,17H2,1H3. The Morgan fingerprint density at radius 3 is 2.56 bits per heavy atom. The Hall–Kier alpha value is -1.48. The second-order valence-corrected chi connectivity index (χ2v) is 5.28. The van der Waals surface area contributed by atoms with Crippen molar-refractivity contribution in [3.05, 3.63) is 58.6 Å². The lowest BCUT2D eigenvalue weighted by molar-refractivity contribution is 0.877. The van der Waals surface area contributed by atoms with Crippen LogP contribution >= 0.6 is 15.9 Å². The van der Waals surface area contributed by atoms with Gasteiger partial charge in [-0.15, -0.1) is 0 Å². The van der Waals surface area contributed by atoms with Crippen molar-refractivity contribution in [2.75, 3.05) is 24.2 Å². The molecule has 3 heteroatoms. The van der Waals surface area contributed by atoms with Crippen LogP contribution in [0.1, 0.15) is 5.56 Å². The van der Waals surface area contributed by atoms with Crippen LogP contribution in [0.15, 0.2) is 53.0 Å². The summed E-state index contributed by atoms with van der Waals surface area (Å²) in [5, 5.41) is 0. The highest BCUT2D eigenvalue weighted by molar-refractivity contribution is 9.10. The molecule has 2 aromatic rings. The third-order valence-electron chi connectivity index (χ3n) is 2.98. The SMILES string of the molecule is CN(CCc1ccccc1)c1cc(Br)ccc1N. The molecule has 0 fully saturated rings. The lowest BCUT2D eigenvalue weighted by atomic mass is 10.1. The van der Waals surface area contributed by atoms with Gasteiger partial charge < -0.3 is 10.6 Å². The van der Waals surface area contributed by atoms with Crippen molar-refractivity contribution >= 4 is 27.3 Å². The number of rotatable bonds is 4. The molecule has 2 rings (SSSR count). The van der Waals surface area contributed by atoms with Crippen LogP contribution in [0.25, 0.3) is 0 Å². The fourth-order valence-electron chi connectivity index (χ4n) is 1.91. The molecule has 2 aromatic carbocycles. The normalized spacial score (nSPS) is 10.3. The molecule has 0 bridgehead atoms. The molecule has 2 N–H and O–H groups in total. The van der Waals surface area contributed by atoms with Gasteiger partial charge in [-0.05, 0) is 30.2 Å². The molecule has 0 heterocycles. The first-order valence-corrected chi connectivity index (χ1v) is 6.76. The van der Waals surface area contributed by atoms with E-state index in [2.05, 4.69) is 58.2 Å². The van der Waals surface area contributed by atoms with Crippen molar-refractivity contribution in [3.8, 4) is 0 Å². The Morgan fingerprint density at radius 1 is 1.11 bits per heavy atom. The summed E-state index contributed by atoms with van der Waals surface area (Å²) in [5.74, 6) is 0. The first-order chi connectivity index (χ1) is 8.66. The molecule has 0 aromatic heterocycles. The molecule has 0 aliphatic heterocycles. The highest BCUT2D eigenvalue weighted by Crippen LogP contribution is 2.26. The summed E-state index contributed by atoms with van der Waals surface area (Å²) in [7, 11) is 2.07. The molecule has 0 unspecified atom stereocenters. The predicted octanol–water partition coefficient (Wildman–Crippen LogP) is 3.71. The Kier molecular flexibility index (Phi) is 4.26. The average Bonchev–Trinajstić information content (AvgIpc) is 2.40. The van der Waals surface area contributed by atoms with Crippen LogP contribution < -0.4 is 10.6 Å². The first kappa shape index (κ1) is 13.0. The Bertz CT molecular complexity index is 511. The molecule has 2 nitrogen and oxygen atoms in total. The van der Waals surface area contributed by atoms with Crippen LogP contribution in [0, 0.1) is 0 Å². The monoisotopic (exact) mass is 304 g/mol. The van der Waals surface area contributed by atoms with E-state index in [4.69, 9.17) is 5.73 Å². The predicted molar refractivity (Wildman–Crippen MR) is 82.0 cm³/mol. The maximum atomic E-state index is 6.00. The van der Waals surface area contributed by atoms with Crippen LogP contribution in [0.2, 0.25) is 0 Å². The van der Waals surface area contributed by atoms with Crippen LogP contribution in [-0.2, 0) is 6.42 Å². The molecule has 0 aliphatic carbocycles. The van der Waals surface area contributed by atoms with Gasteiger partial charge in [-0.3, -0.25) is 0 Å². The minimum Gasteiger partial charge on any atom is -0.397 e. The van der Waals surface area contributed by atoms with E-state index in [9.17, 15) is 0 Å². The Balaban J connectivity index is 2.03. The third-order valence-corrected chi connectivity index (χ3v) is 3.48.